The first-order valence-corrected chi connectivity index (χ1v) is 4.67. The second-order valence-electron chi connectivity index (χ2n) is 3.58. The van der Waals surface area contributed by atoms with Crippen molar-refractivity contribution in [1.82, 2.24) is 0 Å². The molecule has 1 unspecified atom stereocenters. The summed E-state index contributed by atoms with van der Waals surface area (Å²) in [6.07, 6.45) is 1.82. The zero-order chi connectivity index (χ0) is 10.7. The highest BCUT2D eigenvalue weighted by atomic mass is 16.3. The van der Waals surface area contributed by atoms with Gasteiger partial charge in [0, 0.05) is 11.5 Å². The normalized spacial score (nSPS) is 12.1. The van der Waals surface area contributed by atoms with E-state index in [0.29, 0.717) is 5.75 Å². The SMILES string of the molecule is C=CC(C)c1cc(C(=C)C)ccc1O. The van der Waals surface area contributed by atoms with E-state index in [1.807, 2.05) is 32.1 Å². The van der Waals surface area contributed by atoms with Gasteiger partial charge < -0.3 is 5.11 Å². The molecule has 0 fully saturated rings. The fraction of sp³-hybridized carbons (Fsp3) is 0.231. The van der Waals surface area contributed by atoms with E-state index in [2.05, 4.69) is 13.2 Å². The maximum atomic E-state index is 9.64. The van der Waals surface area contributed by atoms with E-state index in [1.54, 1.807) is 6.07 Å². The molecule has 0 bridgehead atoms. The second-order valence-corrected chi connectivity index (χ2v) is 3.58. The van der Waals surface area contributed by atoms with Gasteiger partial charge in [0.05, 0.1) is 0 Å². The van der Waals surface area contributed by atoms with E-state index in [1.165, 1.54) is 0 Å². The van der Waals surface area contributed by atoms with Crippen LogP contribution >= 0.6 is 0 Å². The monoisotopic (exact) mass is 188 g/mol. The minimum Gasteiger partial charge on any atom is -0.508 e. The summed E-state index contributed by atoms with van der Waals surface area (Å²) in [5, 5.41) is 9.64. The van der Waals surface area contributed by atoms with Crippen LogP contribution in [0.4, 0.5) is 0 Å². The minimum absolute atomic E-state index is 0.161. The highest BCUT2D eigenvalue weighted by molar-refractivity contribution is 5.63. The molecule has 1 N–H and O–H groups in total. The largest absolute Gasteiger partial charge is 0.508 e. The summed E-state index contributed by atoms with van der Waals surface area (Å²) in [4.78, 5) is 0. The van der Waals surface area contributed by atoms with E-state index in [-0.39, 0.29) is 5.92 Å². The third kappa shape index (κ3) is 2.05. The van der Waals surface area contributed by atoms with Crippen LogP contribution in [-0.2, 0) is 0 Å². The van der Waals surface area contributed by atoms with Crippen molar-refractivity contribution < 1.29 is 5.11 Å². The molecule has 1 nitrogen and oxygen atoms in total. The van der Waals surface area contributed by atoms with Gasteiger partial charge in [-0.15, -0.1) is 6.58 Å². The third-order valence-corrected chi connectivity index (χ3v) is 2.36. The molecule has 0 aliphatic heterocycles. The number of aromatic hydroxyl groups is 1. The Kier molecular flexibility index (Phi) is 3.13. The molecular formula is C13H16O. The molecular weight excluding hydrogens is 172 g/mol. The molecule has 1 aromatic rings. The van der Waals surface area contributed by atoms with Crippen LogP contribution in [0.1, 0.15) is 30.9 Å². The molecule has 0 spiro atoms. The zero-order valence-corrected chi connectivity index (χ0v) is 8.75. The summed E-state index contributed by atoms with van der Waals surface area (Å²) < 4.78 is 0. The fourth-order valence-electron chi connectivity index (χ4n) is 1.31. The molecule has 0 aliphatic rings. The molecule has 1 aromatic carbocycles. The van der Waals surface area contributed by atoms with Crippen LogP contribution in [-0.4, -0.2) is 5.11 Å². The van der Waals surface area contributed by atoms with Crippen LogP contribution in [0.15, 0.2) is 37.4 Å². The molecule has 1 heteroatoms. The molecule has 14 heavy (non-hydrogen) atoms. The van der Waals surface area contributed by atoms with Crippen LogP contribution in [0.2, 0.25) is 0 Å². The van der Waals surface area contributed by atoms with Crippen LogP contribution in [0, 0.1) is 0 Å². The smallest absolute Gasteiger partial charge is 0.119 e. The lowest BCUT2D eigenvalue weighted by molar-refractivity contribution is 0.466. The Morgan fingerprint density at radius 2 is 2.14 bits per heavy atom. The summed E-state index contributed by atoms with van der Waals surface area (Å²) in [7, 11) is 0. The van der Waals surface area contributed by atoms with Gasteiger partial charge in [-0.2, -0.15) is 0 Å². The van der Waals surface area contributed by atoms with Gasteiger partial charge in [-0.25, -0.2) is 0 Å². The number of benzene rings is 1. The van der Waals surface area contributed by atoms with E-state index in [0.717, 1.165) is 16.7 Å². The number of phenolic OH excluding ortho intramolecular Hbond substituents is 1. The molecule has 0 amide bonds. The topological polar surface area (TPSA) is 20.2 Å². The predicted octanol–water partition coefficient (Wildman–Crippen LogP) is 3.71. The summed E-state index contributed by atoms with van der Waals surface area (Å²) in [6.45, 7) is 11.6. The van der Waals surface area contributed by atoms with Gasteiger partial charge in [0.25, 0.3) is 0 Å². The lowest BCUT2D eigenvalue weighted by atomic mass is 9.96. The number of rotatable bonds is 3. The van der Waals surface area contributed by atoms with Crippen LogP contribution in [0.25, 0.3) is 5.57 Å². The fourth-order valence-corrected chi connectivity index (χ4v) is 1.31. The minimum atomic E-state index is 0.161. The van der Waals surface area contributed by atoms with Crippen molar-refractivity contribution in [2.45, 2.75) is 19.8 Å². The van der Waals surface area contributed by atoms with E-state index >= 15 is 0 Å². The molecule has 0 saturated heterocycles. The van der Waals surface area contributed by atoms with Crippen molar-refractivity contribution >= 4 is 5.57 Å². The van der Waals surface area contributed by atoms with Gasteiger partial charge in [0.15, 0.2) is 0 Å². The lowest BCUT2D eigenvalue weighted by Gasteiger charge is -2.11. The van der Waals surface area contributed by atoms with Crippen LogP contribution in [0.5, 0.6) is 5.75 Å². The summed E-state index contributed by atoms with van der Waals surface area (Å²) in [6, 6.07) is 5.54. The molecule has 0 saturated carbocycles. The molecule has 0 heterocycles. The average Bonchev–Trinajstić information content (AvgIpc) is 2.17. The summed E-state index contributed by atoms with van der Waals surface area (Å²) in [5.41, 5.74) is 2.97. The van der Waals surface area contributed by atoms with Crippen molar-refractivity contribution in [2.75, 3.05) is 0 Å². The number of hydrogen-bond acceptors (Lipinski definition) is 1. The van der Waals surface area contributed by atoms with Crippen LogP contribution < -0.4 is 0 Å². The van der Waals surface area contributed by atoms with Gasteiger partial charge in [0.1, 0.15) is 5.75 Å². The standard InChI is InChI=1S/C13H16O/c1-5-10(4)12-8-11(9(2)3)6-7-13(12)14/h5-8,10,14H,1-2H2,3-4H3. The molecule has 0 aliphatic carbocycles. The van der Waals surface area contributed by atoms with E-state index in [4.69, 9.17) is 0 Å². The van der Waals surface area contributed by atoms with Gasteiger partial charge in [-0.3, -0.25) is 0 Å². The van der Waals surface area contributed by atoms with Crippen molar-refractivity contribution in [3.05, 3.63) is 48.6 Å². The predicted molar refractivity (Wildman–Crippen MR) is 61.4 cm³/mol. The molecule has 74 valence electrons. The first-order valence-electron chi connectivity index (χ1n) is 4.67. The Morgan fingerprint density at radius 3 is 2.64 bits per heavy atom. The highest BCUT2D eigenvalue weighted by Crippen LogP contribution is 2.29. The van der Waals surface area contributed by atoms with Gasteiger partial charge in [0.2, 0.25) is 0 Å². The maximum Gasteiger partial charge on any atom is 0.119 e. The third-order valence-electron chi connectivity index (χ3n) is 2.36. The molecule has 1 atom stereocenters. The van der Waals surface area contributed by atoms with Gasteiger partial charge in [-0.1, -0.05) is 31.2 Å². The Bertz CT molecular complexity index is 363. The molecule has 1 rings (SSSR count). The van der Waals surface area contributed by atoms with Gasteiger partial charge in [-0.05, 0) is 24.6 Å². The first kappa shape index (κ1) is 10.6. The maximum absolute atomic E-state index is 9.64. The second kappa shape index (κ2) is 4.14. The number of allylic oxidation sites excluding steroid dienone is 2. The molecule has 0 aromatic heterocycles. The average molecular weight is 188 g/mol. The van der Waals surface area contributed by atoms with Crippen LogP contribution in [0.3, 0.4) is 0 Å². The Morgan fingerprint density at radius 1 is 1.50 bits per heavy atom. The zero-order valence-electron chi connectivity index (χ0n) is 8.75. The van der Waals surface area contributed by atoms with Crippen molar-refractivity contribution in [1.29, 1.82) is 0 Å². The number of hydrogen-bond donors (Lipinski definition) is 1. The van der Waals surface area contributed by atoms with Gasteiger partial charge >= 0.3 is 0 Å². The van der Waals surface area contributed by atoms with E-state index in [9.17, 15) is 5.11 Å². The van der Waals surface area contributed by atoms with E-state index < -0.39 is 0 Å². The summed E-state index contributed by atoms with van der Waals surface area (Å²) in [5.74, 6) is 0.483. The lowest BCUT2D eigenvalue weighted by Crippen LogP contribution is -1.91. The quantitative estimate of drug-likeness (QED) is 0.717. The Hall–Kier alpha value is -1.50. The van der Waals surface area contributed by atoms with Crippen molar-refractivity contribution in [3.8, 4) is 5.75 Å². The van der Waals surface area contributed by atoms with Crippen molar-refractivity contribution in [3.63, 3.8) is 0 Å². The summed E-state index contributed by atoms with van der Waals surface area (Å²) >= 11 is 0. The van der Waals surface area contributed by atoms with Crippen molar-refractivity contribution in [2.24, 2.45) is 0 Å². The Balaban J connectivity index is 3.20. The number of phenols is 1. The first-order chi connectivity index (χ1) is 6.56. The molecule has 0 radical (unpaired) electrons. The Labute approximate surface area is 85.4 Å². The highest BCUT2D eigenvalue weighted by Gasteiger charge is 2.07.